The molecule has 0 aliphatic heterocycles. The Kier molecular flexibility index (Phi) is 7.68. The number of amides is 2. The van der Waals surface area contributed by atoms with E-state index in [0.29, 0.717) is 11.1 Å². The average Bonchev–Trinajstić information content (AvgIpc) is 2.53. The third-order valence-electron chi connectivity index (χ3n) is 3.31. The Bertz CT molecular complexity index is 625. The Hall–Kier alpha value is -2.50. The number of nitrogens with zero attached hydrogens (tertiary/aromatic N) is 2. The predicted molar refractivity (Wildman–Crippen MR) is 107 cm³/mol. The van der Waals surface area contributed by atoms with Gasteiger partial charge in [0.15, 0.2) is 0 Å². The molecule has 0 aliphatic rings. The van der Waals surface area contributed by atoms with Gasteiger partial charge in [-0.1, -0.05) is 47.6 Å². The predicted octanol–water partition coefficient (Wildman–Crippen LogP) is 3.99. The smallest absolute Gasteiger partial charge is 0.267 e. The number of hydrogen-bond acceptors (Lipinski definition) is 4. The molecule has 6 heteroatoms. The number of carbonyl (C=O) groups is 2. The van der Waals surface area contributed by atoms with Gasteiger partial charge in [-0.3, -0.25) is 9.59 Å². The first-order chi connectivity index (χ1) is 12.0. The van der Waals surface area contributed by atoms with E-state index in [-0.39, 0.29) is 22.6 Å². The second kappa shape index (κ2) is 9.27. The summed E-state index contributed by atoms with van der Waals surface area (Å²) in [4.78, 5) is 24.3. The fourth-order valence-corrected chi connectivity index (χ4v) is 1.78. The van der Waals surface area contributed by atoms with Crippen LogP contribution in [0.2, 0.25) is 0 Å². The van der Waals surface area contributed by atoms with Crippen molar-refractivity contribution in [2.45, 2.75) is 54.4 Å². The molecule has 0 saturated carbocycles. The van der Waals surface area contributed by atoms with Crippen LogP contribution in [-0.4, -0.2) is 24.2 Å². The zero-order valence-corrected chi connectivity index (χ0v) is 16.6. The molecule has 0 unspecified atom stereocenters. The SMILES string of the molecule is CC(C)(C)C/C=N/NC(=O)c1cccc(C(=O)N/N=C/CC(C)(C)C)c1. The zero-order valence-electron chi connectivity index (χ0n) is 16.6. The summed E-state index contributed by atoms with van der Waals surface area (Å²) in [5, 5.41) is 7.89. The van der Waals surface area contributed by atoms with Gasteiger partial charge in [0.1, 0.15) is 0 Å². The first-order valence-electron chi connectivity index (χ1n) is 8.72. The molecular weight excluding hydrogens is 328 g/mol. The van der Waals surface area contributed by atoms with Crippen molar-refractivity contribution >= 4 is 24.2 Å². The quantitative estimate of drug-likeness (QED) is 0.595. The van der Waals surface area contributed by atoms with E-state index in [9.17, 15) is 9.59 Å². The summed E-state index contributed by atoms with van der Waals surface area (Å²) in [6, 6.07) is 6.44. The molecule has 1 rings (SSSR count). The van der Waals surface area contributed by atoms with Crippen LogP contribution in [0, 0.1) is 10.8 Å². The van der Waals surface area contributed by atoms with Crippen LogP contribution in [0.25, 0.3) is 0 Å². The molecule has 0 spiro atoms. The molecule has 0 fully saturated rings. The fourth-order valence-electron chi connectivity index (χ4n) is 1.78. The summed E-state index contributed by atoms with van der Waals surface area (Å²) in [5.74, 6) is -0.720. The maximum atomic E-state index is 12.1. The van der Waals surface area contributed by atoms with Crippen LogP contribution in [0.4, 0.5) is 0 Å². The second-order valence-corrected chi connectivity index (χ2v) is 8.62. The maximum absolute atomic E-state index is 12.1. The van der Waals surface area contributed by atoms with Gasteiger partial charge in [0.05, 0.1) is 0 Å². The molecule has 26 heavy (non-hydrogen) atoms. The van der Waals surface area contributed by atoms with Crippen LogP contribution in [0.5, 0.6) is 0 Å². The lowest BCUT2D eigenvalue weighted by molar-refractivity contribution is 0.0954. The first kappa shape index (κ1) is 21.5. The van der Waals surface area contributed by atoms with Gasteiger partial charge in [-0.05, 0) is 41.9 Å². The Morgan fingerprint density at radius 1 is 0.846 bits per heavy atom. The van der Waals surface area contributed by atoms with Crippen molar-refractivity contribution in [3.05, 3.63) is 35.4 Å². The van der Waals surface area contributed by atoms with E-state index >= 15 is 0 Å². The van der Waals surface area contributed by atoms with E-state index < -0.39 is 0 Å². The van der Waals surface area contributed by atoms with E-state index in [1.54, 1.807) is 30.6 Å². The molecule has 0 saturated heterocycles. The van der Waals surface area contributed by atoms with Crippen molar-refractivity contribution in [3.8, 4) is 0 Å². The number of hydrazone groups is 2. The number of nitrogens with one attached hydrogen (secondary N) is 2. The van der Waals surface area contributed by atoms with Crippen LogP contribution >= 0.6 is 0 Å². The summed E-state index contributed by atoms with van der Waals surface area (Å²) >= 11 is 0. The van der Waals surface area contributed by atoms with Gasteiger partial charge in [0.2, 0.25) is 0 Å². The number of hydrogen-bond donors (Lipinski definition) is 2. The Morgan fingerprint density at radius 2 is 1.23 bits per heavy atom. The Morgan fingerprint density at radius 3 is 1.58 bits per heavy atom. The summed E-state index contributed by atoms with van der Waals surface area (Å²) < 4.78 is 0. The molecule has 0 heterocycles. The van der Waals surface area contributed by atoms with Crippen molar-refractivity contribution in [2.24, 2.45) is 21.0 Å². The lowest BCUT2D eigenvalue weighted by atomic mass is 9.93. The van der Waals surface area contributed by atoms with Crippen LogP contribution in [-0.2, 0) is 0 Å². The zero-order chi connectivity index (χ0) is 19.8. The van der Waals surface area contributed by atoms with Gasteiger partial charge < -0.3 is 0 Å². The molecule has 1 aromatic rings. The van der Waals surface area contributed by atoms with Gasteiger partial charge in [0, 0.05) is 23.6 Å². The first-order valence-corrected chi connectivity index (χ1v) is 8.72. The van der Waals surface area contributed by atoms with Crippen molar-refractivity contribution in [3.63, 3.8) is 0 Å². The van der Waals surface area contributed by atoms with Gasteiger partial charge in [-0.25, -0.2) is 10.9 Å². The minimum atomic E-state index is -0.360. The summed E-state index contributed by atoms with van der Waals surface area (Å²) in [6.07, 6.45) is 4.86. The molecule has 6 nitrogen and oxygen atoms in total. The largest absolute Gasteiger partial charge is 0.271 e. The van der Waals surface area contributed by atoms with Crippen molar-refractivity contribution < 1.29 is 9.59 Å². The lowest BCUT2D eigenvalue weighted by Gasteiger charge is -2.13. The van der Waals surface area contributed by atoms with E-state index in [2.05, 4.69) is 62.6 Å². The molecule has 0 bridgehead atoms. The van der Waals surface area contributed by atoms with E-state index in [1.807, 2.05) is 0 Å². The third kappa shape index (κ3) is 9.11. The Labute approximate surface area is 156 Å². The molecule has 0 radical (unpaired) electrons. The fraction of sp³-hybridized carbons (Fsp3) is 0.500. The second-order valence-electron chi connectivity index (χ2n) is 8.62. The summed E-state index contributed by atoms with van der Waals surface area (Å²) in [5.41, 5.74) is 5.90. The number of benzene rings is 1. The molecule has 0 aromatic heterocycles. The van der Waals surface area contributed by atoms with E-state index in [1.165, 1.54) is 6.07 Å². The number of rotatable bonds is 6. The third-order valence-corrected chi connectivity index (χ3v) is 3.31. The average molecular weight is 358 g/mol. The molecule has 0 aliphatic carbocycles. The van der Waals surface area contributed by atoms with Gasteiger partial charge >= 0.3 is 0 Å². The van der Waals surface area contributed by atoms with Gasteiger partial charge in [0.25, 0.3) is 11.8 Å². The topological polar surface area (TPSA) is 82.9 Å². The number of carbonyl (C=O) groups excluding carboxylic acids is 2. The highest BCUT2D eigenvalue weighted by atomic mass is 16.2. The van der Waals surface area contributed by atoms with Crippen LogP contribution in [0.3, 0.4) is 0 Å². The minimum Gasteiger partial charge on any atom is -0.267 e. The van der Waals surface area contributed by atoms with Crippen LogP contribution in [0.15, 0.2) is 34.5 Å². The van der Waals surface area contributed by atoms with Crippen molar-refractivity contribution in [1.82, 2.24) is 10.9 Å². The highest BCUT2D eigenvalue weighted by Crippen LogP contribution is 2.16. The maximum Gasteiger partial charge on any atom is 0.271 e. The molecule has 0 atom stereocenters. The van der Waals surface area contributed by atoms with E-state index in [0.717, 1.165) is 12.8 Å². The van der Waals surface area contributed by atoms with Gasteiger partial charge in [-0.2, -0.15) is 10.2 Å². The molecule has 2 amide bonds. The minimum absolute atomic E-state index is 0.111. The normalized spacial score (nSPS) is 12.5. The van der Waals surface area contributed by atoms with Crippen LogP contribution < -0.4 is 10.9 Å². The highest BCUT2D eigenvalue weighted by Gasteiger charge is 2.11. The summed E-state index contributed by atoms with van der Waals surface area (Å²) in [6.45, 7) is 12.5. The van der Waals surface area contributed by atoms with Crippen molar-refractivity contribution in [1.29, 1.82) is 0 Å². The van der Waals surface area contributed by atoms with Crippen LogP contribution in [0.1, 0.15) is 75.1 Å². The van der Waals surface area contributed by atoms with Crippen molar-refractivity contribution in [2.75, 3.05) is 0 Å². The lowest BCUT2D eigenvalue weighted by Crippen LogP contribution is -2.21. The monoisotopic (exact) mass is 358 g/mol. The molecule has 1 aromatic carbocycles. The highest BCUT2D eigenvalue weighted by molar-refractivity contribution is 5.99. The molecule has 2 N–H and O–H groups in total. The standard InChI is InChI=1S/C20H30N4O2/c1-19(2,3)10-12-21-23-17(25)15-8-7-9-16(14-15)18(26)24-22-13-11-20(4,5)6/h7-9,12-14H,10-11H2,1-6H3,(H,23,25)(H,24,26)/b21-12+,22-13+. The molecular formula is C20H30N4O2. The Balaban J connectivity index is 2.63. The van der Waals surface area contributed by atoms with Gasteiger partial charge in [-0.15, -0.1) is 0 Å². The molecule has 142 valence electrons. The van der Waals surface area contributed by atoms with E-state index in [4.69, 9.17) is 0 Å². The summed E-state index contributed by atoms with van der Waals surface area (Å²) in [7, 11) is 0.